The topological polar surface area (TPSA) is 53.4 Å². The second kappa shape index (κ2) is 7.06. The average Bonchev–Trinajstić information content (AvgIpc) is 3.06. The molecule has 0 radical (unpaired) electrons. The second-order valence-corrected chi connectivity index (χ2v) is 8.33. The van der Waals surface area contributed by atoms with E-state index in [-0.39, 0.29) is 17.2 Å². The molecular weight excluding hydrogens is 391 g/mol. The lowest BCUT2D eigenvalue weighted by atomic mass is 9.97. The van der Waals surface area contributed by atoms with Gasteiger partial charge in [0.15, 0.2) is 0 Å². The van der Waals surface area contributed by atoms with Gasteiger partial charge < -0.3 is 10.0 Å². The highest BCUT2D eigenvalue weighted by molar-refractivity contribution is 7.18. The summed E-state index contributed by atoms with van der Waals surface area (Å²) in [6.45, 7) is 1.26. The number of piperidine rings is 1. The number of carbonyl (C=O) groups excluding carboxylic acids is 1. The molecule has 1 aromatic heterocycles. The Balaban J connectivity index is 1.48. The van der Waals surface area contributed by atoms with Crippen molar-refractivity contribution >= 4 is 50.7 Å². The third-order valence-corrected chi connectivity index (χ3v) is 6.36. The summed E-state index contributed by atoms with van der Waals surface area (Å²) in [5.41, 5.74) is 1.19. The van der Waals surface area contributed by atoms with Crippen molar-refractivity contribution in [2.45, 2.75) is 18.8 Å². The Bertz CT molecular complexity index is 981. The van der Waals surface area contributed by atoms with Crippen molar-refractivity contribution < 1.29 is 9.90 Å². The molecule has 3 aromatic rings. The number of phenolic OH excluding ortho intramolecular Hbond substituents is 1. The van der Waals surface area contributed by atoms with Crippen molar-refractivity contribution in [3.63, 3.8) is 0 Å². The number of benzene rings is 2. The normalized spacial score (nSPS) is 15.5. The van der Waals surface area contributed by atoms with Crippen molar-refractivity contribution in [1.82, 2.24) is 9.88 Å². The van der Waals surface area contributed by atoms with Gasteiger partial charge in [-0.3, -0.25) is 4.79 Å². The quantitative estimate of drug-likeness (QED) is 0.625. The molecule has 1 N–H and O–H groups in total. The van der Waals surface area contributed by atoms with Crippen LogP contribution in [0.2, 0.25) is 10.0 Å². The first kappa shape index (κ1) is 17.6. The number of thiazole rings is 1. The number of nitrogens with zero attached hydrogens (tertiary/aromatic N) is 2. The monoisotopic (exact) mass is 406 g/mol. The van der Waals surface area contributed by atoms with Gasteiger partial charge in [0.2, 0.25) is 0 Å². The molecule has 1 aliphatic rings. The van der Waals surface area contributed by atoms with Crippen LogP contribution in [0, 0.1) is 0 Å². The van der Waals surface area contributed by atoms with E-state index in [9.17, 15) is 9.90 Å². The lowest BCUT2D eigenvalue weighted by Gasteiger charge is -2.31. The lowest BCUT2D eigenvalue weighted by molar-refractivity contribution is 0.0710. The average molecular weight is 407 g/mol. The summed E-state index contributed by atoms with van der Waals surface area (Å²) in [7, 11) is 0. The Labute approximate surface area is 165 Å². The van der Waals surface area contributed by atoms with Gasteiger partial charge >= 0.3 is 0 Å². The molecule has 2 aromatic carbocycles. The molecule has 0 aliphatic carbocycles. The smallest absolute Gasteiger partial charge is 0.257 e. The van der Waals surface area contributed by atoms with Gasteiger partial charge in [0, 0.05) is 29.1 Å². The van der Waals surface area contributed by atoms with Gasteiger partial charge in [-0.05, 0) is 49.2 Å². The first-order chi connectivity index (χ1) is 12.5. The fourth-order valence-electron chi connectivity index (χ4n) is 3.27. The molecule has 1 aliphatic heterocycles. The second-order valence-electron chi connectivity index (χ2n) is 6.39. The number of hydrogen-bond donors (Lipinski definition) is 1. The van der Waals surface area contributed by atoms with E-state index in [4.69, 9.17) is 28.2 Å². The van der Waals surface area contributed by atoms with E-state index >= 15 is 0 Å². The molecule has 7 heteroatoms. The molecule has 1 fully saturated rings. The summed E-state index contributed by atoms with van der Waals surface area (Å²) < 4.78 is 1.13. The summed E-state index contributed by atoms with van der Waals surface area (Å²) in [5.74, 6) is 0.118. The number of aromatic nitrogens is 1. The minimum Gasteiger partial charge on any atom is -0.507 e. The number of likely N-dealkylation sites (tertiary alicyclic amines) is 1. The van der Waals surface area contributed by atoms with Crippen molar-refractivity contribution in [2.24, 2.45) is 0 Å². The number of phenols is 1. The molecular formula is C19H16Cl2N2O2S. The van der Waals surface area contributed by atoms with E-state index in [1.165, 1.54) is 12.1 Å². The zero-order valence-corrected chi connectivity index (χ0v) is 16.1. The Morgan fingerprint density at radius 2 is 1.81 bits per heavy atom. The third-order valence-electron chi connectivity index (χ3n) is 4.69. The standard InChI is InChI=1S/C19H16Cl2N2O2S/c20-12-1-3-16(24)14(9-12)19(25)23-7-5-11(6-8-23)18-22-15-10-13(21)2-4-17(15)26-18/h1-4,9-11,24H,5-8H2. The molecule has 0 unspecified atom stereocenters. The van der Waals surface area contributed by atoms with Crippen LogP contribution in [0.25, 0.3) is 10.2 Å². The van der Waals surface area contributed by atoms with E-state index in [0.717, 1.165) is 28.1 Å². The predicted molar refractivity (Wildman–Crippen MR) is 106 cm³/mol. The molecule has 26 heavy (non-hydrogen) atoms. The maximum absolute atomic E-state index is 12.7. The zero-order valence-electron chi connectivity index (χ0n) is 13.8. The summed E-state index contributed by atoms with van der Waals surface area (Å²) in [6.07, 6.45) is 1.70. The van der Waals surface area contributed by atoms with Crippen LogP contribution in [0.5, 0.6) is 5.75 Å². The minimum absolute atomic E-state index is 0.0374. The maximum atomic E-state index is 12.7. The highest BCUT2D eigenvalue weighted by Gasteiger charge is 2.27. The van der Waals surface area contributed by atoms with Gasteiger partial charge in [0.1, 0.15) is 5.75 Å². The van der Waals surface area contributed by atoms with Crippen molar-refractivity contribution in [1.29, 1.82) is 0 Å². The summed E-state index contributed by atoms with van der Waals surface area (Å²) in [5, 5.41) is 12.2. The Morgan fingerprint density at radius 1 is 1.12 bits per heavy atom. The molecule has 0 saturated carbocycles. The number of amides is 1. The number of fused-ring (bicyclic) bond motifs is 1. The molecule has 0 atom stereocenters. The Kier molecular flexibility index (Phi) is 4.78. The number of hydrogen-bond acceptors (Lipinski definition) is 4. The molecule has 0 bridgehead atoms. The Morgan fingerprint density at radius 3 is 2.58 bits per heavy atom. The van der Waals surface area contributed by atoms with E-state index in [0.29, 0.717) is 29.1 Å². The fourth-order valence-corrected chi connectivity index (χ4v) is 4.73. The first-order valence-electron chi connectivity index (χ1n) is 8.35. The lowest BCUT2D eigenvalue weighted by Crippen LogP contribution is -2.37. The van der Waals surface area contributed by atoms with Crippen LogP contribution in [0.3, 0.4) is 0 Å². The molecule has 4 nitrogen and oxygen atoms in total. The molecule has 1 saturated heterocycles. The zero-order chi connectivity index (χ0) is 18.3. The van der Waals surface area contributed by atoms with Crippen LogP contribution in [-0.2, 0) is 0 Å². The number of halogens is 2. The summed E-state index contributed by atoms with van der Waals surface area (Å²) in [6, 6.07) is 10.3. The highest BCUT2D eigenvalue weighted by Crippen LogP contribution is 2.35. The number of carbonyl (C=O) groups is 1. The van der Waals surface area contributed by atoms with Crippen LogP contribution in [0.4, 0.5) is 0 Å². The summed E-state index contributed by atoms with van der Waals surface area (Å²) in [4.78, 5) is 19.2. The van der Waals surface area contributed by atoms with Crippen LogP contribution in [-0.4, -0.2) is 34.0 Å². The minimum atomic E-state index is -0.181. The predicted octanol–water partition coefficient (Wildman–Crippen LogP) is 5.33. The van der Waals surface area contributed by atoms with Crippen molar-refractivity contribution in [3.05, 3.63) is 57.0 Å². The van der Waals surface area contributed by atoms with Gasteiger partial charge in [0.25, 0.3) is 5.91 Å². The molecule has 0 spiro atoms. The van der Waals surface area contributed by atoms with E-state index in [1.807, 2.05) is 18.2 Å². The van der Waals surface area contributed by atoms with E-state index in [2.05, 4.69) is 0 Å². The van der Waals surface area contributed by atoms with E-state index in [1.54, 1.807) is 22.3 Å². The molecule has 134 valence electrons. The number of aromatic hydroxyl groups is 1. The fraction of sp³-hybridized carbons (Fsp3) is 0.263. The van der Waals surface area contributed by atoms with Gasteiger partial charge in [-0.15, -0.1) is 11.3 Å². The Hall–Kier alpha value is -1.82. The van der Waals surface area contributed by atoms with Crippen molar-refractivity contribution in [2.75, 3.05) is 13.1 Å². The van der Waals surface area contributed by atoms with Crippen LogP contribution >= 0.6 is 34.5 Å². The van der Waals surface area contributed by atoms with Crippen LogP contribution in [0.1, 0.15) is 34.1 Å². The van der Waals surface area contributed by atoms with Gasteiger partial charge in [-0.25, -0.2) is 4.98 Å². The van der Waals surface area contributed by atoms with Crippen LogP contribution in [0.15, 0.2) is 36.4 Å². The maximum Gasteiger partial charge on any atom is 0.257 e. The van der Waals surface area contributed by atoms with Gasteiger partial charge in [-0.2, -0.15) is 0 Å². The third kappa shape index (κ3) is 3.39. The van der Waals surface area contributed by atoms with Gasteiger partial charge in [0.05, 0.1) is 20.8 Å². The first-order valence-corrected chi connectivity index (χ1v) is 9.92. The molecule has 4 rings (SSSR count). The van der Waals surface area contributed by atoms with Crippen molar-refractivity contribution in [3.8, 4) is 5.75 Å². The largest absolute Gasteiger partial charge is 0.507 e. The number of rotatable bonds is 2. The van der Waals surface area contributed by atoms with Crippen LogP contribution < -0.4 is 0 Å². The highest BCUT2D eigenvalue weighted by atomic mass is 35.5. The van der Waals surface area contributed by atoms with Gasteiger partial charge in [-0.1, -0.05) is 23.2 Å². The summed E-state index contributed by atoms with van der Waals surface area (Å²) >= 11 is 13.7. The molecule has 1 amide bonds. The van der Waals surface area contributed by atoms with E-state index < -0.39 is 0 Å². The molecule has 2 heterocycles. The SMILES string of the molecule is O=C(c1cc(Cl)ccc1O)N1CCC(c2nc3cc(Cl)ccc3s2)CC1.